The highest BCUT2D eigenvalue weighted by molar-refractivity contribution is 5.89. The smallest absolute Gasteiger partial charge is 0.433 e. The van der Waals surface area contributed by atoms with Crippen LogP contribution < -0.4 is 15.4 Å². The Morgan fingerprint density at radius 3 is 2.23 bits per heavy atom. The Labute approximate surface area is 268 Å². The van der Waals surface area contributed by atoms with Crippen molar-refractivity contribution in [1.29, 1.82) is 0 Å². The second kappa shape index (κ2) is 14.6. The van der Waals surface area contributed by atoms with Gasteiger partial charge in [-0.3, -0.25) is 4.79 Å². The number of anilines is 1. The first kappa shape index (κ1) is 33.9. The first-order valence-corrected chi connectivity index (χ1v) is 15.4. The van der Waals surface area contributed by atoms with Gasteiger partial charge in [0.1, 0.15) is 35.4 Å². The summed E-state index contributed by atoms with van der Waals surface area (Å²) in [5.74, 6) is -1.53. The van der Waals surface area contributed by atoms with E-state index in [1.54, 1.807) is 18.0 Å². The van der Waals surface area contributed by atoms with Crippen LogP contribution in [0.3, 0.4) is 0 Å². The van der Waals surface area contributed by atoms with Gasteiger partial charge < -0.3 is 25.2 Å². The Kier molecular flexibility index (Phi) is 10.5. The molecule has 0 saturated carbocycles. The zero-order valence-electron chi connectivity index (χ0n) is 26.0. The van der Waals surface area contributed by atoms with Gasteiger partial charge in [-0.1, -0.05) is 12.1 Å². The number of halogens is 5. The summed E-state index contributed by atoms with van der Waals surface area (Å²) in [6, 6.07) is 5.62. The lowest BCUT2D eigenvalue weighted by molar-refractivity contribution is -0.141. The summed E-state index contributed by atoms with van der Waals surface area (Å²) in [7, 11) is 0. The van der Waals surface area contributed by atoms with Crippen molar-refractivity contribution in [2.75, 3.05) is 38.1 Å². The summed E-state index contributed by atoms with van der Waals surface area (Å²) in [4.78, 5) is 40.8. The van der Waals surface area contributed by atoms with Crippen molar-refractivity contribution in [2.45, 2.75) is 63.7 Å². The fraction of sp³-hybridized carbons (Fsp3) is 0.469. The maximum atomic E-state index is 14.1. The summed E-state index contributed by atoms with van der Waals surface area (Å²) in [5, 5.41) is 5.90. The number of nitrogens with one attached hydrogen (secondary N) is 2. The zero-order chi connectivity index (χ0) is 33.7. The van der Waals surface area contributed by atoms with E-state index in [0.29, 0.717) is 63.3 Å². The molecule has 0 aliphatic carbocycles. The molecule has 15 heteroatoms. The van der Waals surface area contributed by atoms with Gasteiger partial charge in [-0.05, 0) is 50.8 Å². The summed E-state index contributed by atoms with van der Waals surface area (Å²) in [6.07, 6.45) is -0.628. The molecule has 1 atom stereocenters. The van der Waals surface area contributed by atoms with E-state index in [0.717, 1.165) is 23.9 Å². The molecule has 3 aromatic rings. The third kappa shape index (κ3) is 8.50. The van der Waals surface area contributed by atoms with Crippen LogP contribution in [0.15, 0.2) is 42.6 Å². The van der Waals surface area contributed by atoms with Gasteiger partial charge in [0.05, 0.1) is 11.7 Å². The van der Waals surface area contributed by atoms with Gasteiger partial charge >= 0.3 is 12.2 Å². The number of hydrogen-bond acceptors (Lipinski definition) is 7. The molecule has 2 aliphatic heterocycles. The predicted molar refractivity (Wildman–Crippen MR) is 162 cm³/mol. The number of aromatic nitrogens is 3. The Balaban J connectivity index is 1.34. The molecule has 0 spiro atoms. The van der Waals surface area contributed by atoms with E-state index in [4.69, 9.17) is 9.72 Å². The van der Waals surface area contributed by atoms with Gasteiger partial charge in [0, 0.05) is 62.9 Å². The summed E-state index contributed by atoms with van der Waals surface area (Å²) in [6.45, 7) is 4.91. The van der Waals surface area contributed by atoms with Crippen molar-refractivity contribution < 1.29 is 36.3 Å². The number of ether oxygens (including phenoxy) is 1. The van der Waals surface area contributed by atoms with Gasteiger partial charge in [0.15, 0.2) is 0 Å². The molecular weight excluding hydrogens is 625 g/mol. The Bertz CT molecular complexity index is 1550. The molecule has 4 heterocycles. The van der Waals surface area contributed by atoms with E-state index in [2.05, 4.69) is 20.6 Å². The standard InChI is InChI=1S/C32H36F5N7O3/c1-19-38-17-23(29(39-19)21-9-13-44(14-10-21)31(46)42-30-24(33)5-3-6-25(30)34)26(40-22-11-15-43(16-12-22)20(2)45)18-47-28-8-4-7-27(41-28)32(35,36)37/h3-8,17,21-22,26,40H,9-16,18H2,1-2H3,(H,42,46). The molecule has 2 fully saturated rings. The first-order valence-electron chi connectivity index (χ1n) is 15.4. The third-order valence-electron chi connectivity index (χ3n) is 8.50. The third-order valence-corrected chi connectivity index (χ3v) is 8.50. The highest BCUT2D eigenvalue weighted by atomic mass is 19.4. The molecule has 3 amide bonds. The fourth-order valence-electron chi connectivity index (χ4n) is 5.95. The Morgan fingerprint density at radius 1 is 0.957 bits per heavy atom. The highest BCUT2D eigenvalue weighted by Gasteiger charge is 2.34. The number of carbonyl (C=O) groups excluding carboxylic acids is 2. The number of para-hydroxylation sites is 1. The topological polar surface area (TPSA) is 113 Å². The van der Waals surface area contributed by atoms with Crippen LogP contribution in [0.1, 0.15) is 67.3 Å². The molecule has 5 rings (SSSR count). The Morgan fingerprint density at radius 2 is 1.60 bits per heavy atom. The van der Waals surface area contributed by atoms with E-state index in [9.17, 15) is 31.5 Å². The van der Waals surface area contributed by atoms with Crippen LogP contribution in [0.5, 0.6) is 5.88 Å². The first-order chi connectivity index (χ1) is 22.4. The number of urea groups is 1. The minimum Gasteiger partial charge on any atom is -0.476 e. The molecule has 1 unspecified atom stereocenters. The van der Waals surface area contributed by atoms with E-state index in [-0.39, 0.29) is 30.4 Å². The van der Waals surface area contributed by atoms with E-state index >= 15 is 0 Å². The van der Waals surface area contributed by atoms with E-state index in [1.165, 1.54) is 30.0 Å². The summed E-state index contributed by atoms with van der Waals surface area (Å²) < 4.78 is 74.0. The average molecular weight is 662 g/mol. The summed E-state index contributed by atoms with van der Waals surface area (Å²) in [5.41, 5.74) is -0.152. The van der Waals surface area contributed by atoms with Crippen LogP contribution >= 0.6 is 0 Å². The molecule has 47 heavy (non-hydrogen) atoms. The van der Waals surface area contributed by atoms with E-state index in [1.807, 2.05) is 0 Å². The number of amides is 3. The normalized spacial score (nSPS) is 17.0. The molecule has 2 aliphatic rings. The molecular formula is C32H36F5N7O3. The number of rotatable bonds is 8. The zero-order valence-corrected chi connectivity index (χ0v) is 26.0. The van der Waals surface area contributed by atoms with Crippen LogP contribution in [0.2, 0.25) is 0 Å². The largest absolute Gasteiger partial charge is 0.476 e. The molecule has 2 saturated heterocycles. The maximum Gasteiger partial charge on any atom is 0.433 e. The van der Waals surface area contributed by atoms with Crippen molar-refractivity contribution in [2.24, 2.45) is 0 Å². The number of nitrogens with zero attached hydrogens (tertiary/aromatic N) is 5. The number of pyridine rings is 1. The van der Waals surface area contributed by atoms with Crippen LogP contribution in [-0.4, -0.2) is 75.5 Å². The number of aryl methyl sites for hydroxylation is 1. The van der Waals surface area contributed by atoms with Crippen LogP contribution in [0, 0.1) is 18.6 Å². The number of hydrogen-bond donors (Lipinski definition) is 2. The quantitative estimate of drug-likeness (QED) is 0.302. The minimum atomic E-state index is -4.63. The van der Waals surface area contributed by atoms with Crippen molar-refractivity contribution >= 4 is 17.6 Å². The SMILES string of the molecule is CC(=O)N1CCC(NC(COc2cccc(C(F)(F)F)n2)c2cnc(C)nc2C2CCN(C(=O)Nc3c(F)cccc3F)CC2)CC1. The van der Waals surface area contributed by atoms with Crippen molar-refractivity contribution in [3.63, 3.8) is 0 Å². The lowest BCUT2D eigenvalue weighted by atomic mass is 9.88. The molecule has 252 valence electrons. The predicted octanol–water partition coefficient (Wildman–Crippen LogP) is 5.61. The summed E-state index contributed by atoms with van der Waals surface area (Å²) >= 11 is 0. The van der Waals surface area contributed by atoms with Crippen LogP contribution in [0.25, 0.3) is 0 Å². The molecule has 0 bridgehead atoms. The monoisotopic (exact) mass is 661 g/mol. The van der Waals surface area contributed by atoms with Gasteiger partial charge in [-0.15, -0.1) is 0 Å². The average Bonchev–Trinajstić information content (AvgIpc) is 3.05. The van der Waals surface area contributed by atoms with Gasteiger partial charge in [0.2, 0.25) is 11.8 Å². The van der Waals surface area contributed by atoms with Crippen molar-refractivity contribution in [1.82, 2.24) is 30.1 Å². The lowest BCUT2D eigenvalue weighted by Crippen LogP contribution is -2.46. The molecule has 0 radical (unpaired) electrons. The van der Waals surface area contributed by atoms with Crippen LogP contribution in [0.4, 0.5) is 32.4 Å². The molecule has 2 N–H and O–H groups in total. The molecule has 2 aromatic heterocycles. The number of carbonyl (C=O) groups is 2. The Hall–Kier alpha value is -4.40. The van der Waals surface area contributed by atoms with Gasteiger partial charge in [0.25, 0.3) is 0 Å². The number of likely N-dealkylation sites (tertiary alicyclic amines) is 2. The second-order valence-electron chi connectivity index (χ2n) is 11.7. The maximum absolute atomic E-state index is 14.1. The second-order valence-corrected chi connectivity index (χ2v) is 11.7. The minimum absolute atomic E-state index is 0.00719. The molecule has 1 aromatic carbocycles. The fourth-order valence-corrected chi connectivity index (χ4v) is 5.95. The highest BCUT2D eigenvalue weighted by Crippen LogP contribution is 2.34. The van der Waals surface area contributed by atoms with Gasteiger partial charge in [-0.25, -0.2) is 28.5 Å². The molecule has 10 nitrogen and oxygen atoms in total. The van der Waals surface area contributed by atoms with Gasteiger partial charge in [-0.2, -0.15) is 13.2 Å². The number of piperidine rings is 2. The van der Waals surface area contributed by atoms with E-state index < -0.39 is 41.3 Å². The van der Waals surface area contributed by atoms with Crippen LogP contribution in [-0.2, 0) is 11.0 Å². The van der Waals surface area contributed by atoms with Crippen molar-refractivity contribution in [3.05, 3.63) is 77.0 Å². The number of alkyl halides is 3. The number of benzene rings is 1. The van der Waals surface area contributed by atoms with Crippen molar-refractivity contribution in [3.8, 4) is 5.88 Å². The lowest BCUT2D eigenvalue weighted by Gasteiger charge is -2.36.